The van der Waals surface area contributed by atoms with Crippen LogP contribution in [0.25, 0.3) is 0 Å². The van der Waals surface area contributed by atoms with Crippen molar-refractivity contribution >= 4 is 5.91 Å². The molecule has 1 amide bonds. The van der Waals surface area contributed by atoms with E-state index in [-0.39, 0.29) is 5.91 Å². The molecule has 3 heteroatoms. The Labute approximate surface area is 121 Å². The third kappa shape index (κ3) is 3.75. The summed E-state index contributed by atoms with van der Waals surface area (Å²) in [5, 5.41) is 0. The minimum atomic E-state index is 0.122. The molecule has 3 nitrogen and oxygen atoms in total. The summed E-state index contributed by atoms with van der Waals surface area (Å²) < 4.78 is 5.59. The highest BCUT2D eigenvalue weighted by Crippen LogP contribution is 2.30. The Kier molecular flexibility index (Phi) is 5.05. The first-order chi connectivity index (χ1) is 9.63. The summed E-state index contributed by atoms with van der Waals surface area (Å²) in [7, 11) is 0. The molecule has 0 unspecified atom stereocenters. The van der Waals surface area contributed by atoms with Gasteiger partial charge in [0.15, 0.2) is 0 Å². The molecule has 110 valence electrons. The molecule has 1 fully saturated rings. The number of hydrogen-bond acceptors (Lipinski definition) is 2. The van der Waals surface area contributed by atoms with E-state index in [0.717, 1.165) is 25.8 Å². The Balaban J connectivity index is 2.14. The Morgan fingerprint density at radius 2 is 2.05 bits per heavy atom. The van der Waals surface area contributed by atoms with Crippen LogP contribution in [0.1, 0.15) is 50.4 Å². The average Bonchev–Trinajstić information content (AvgIpc) is 3.24. The van der Waals surface area contributed by atoms with Gasteiger partial charge in [0, 0.05) is 12.6 Å². The van der Waals surface area contributed by atoms with Crippen LogP contribution in [0.15, 0.2) is 24.3 Å². The van der Waals surface area contributed by atoms with Gasteiger partial charge in [0.05, 0.1) is 12.2 Å². The molecule has 0 bridgehead atoms. The topological polar surface area (TPSA) is 29.5 Å². The largest absolute Gasteiger partial charge is 0.493 e. The fraction of sp³-hybridized carbons (Fsp3) is 0.588. The molecule has 0 heterocycles. The standard InChI is InChI=1S/C17H25NO2/c1-4-20-16-8-6-5-7-15(16)17(19)18(14-9-10-14)12-11-13(2)3/h5-8,13-14H,4,9-12H2,1-3H3. The van der Waals surface area contributed by atoms with E-state index < -0.39 is 0 Å². The van der Waals surface area contributed by atoms with Crippen molar-refractivity contribution in [2.24, 2.45) is 5.92 Å². The maximum Gasteiger partial charge on any atom is 0.257 e. The van der Waals surface area contributed by atoms with Gasteiger partial charge in [-0.25, -0.2) is 0 Å². The molecule has 1 saturated carbocycles. The smallest absolute Gasteiger partial charge is 0.257 e. The number of carbonyl (C=O) groups is 1. The fourth-order valence-corrected chi connectivity index (χ4v) is 2.31. The molecular formula is C17H25NO2. The third-order valence-corrected chi connectivity index (χ3v) is 3.61. The monoisotopic (exact) mass is 275 g/mol. The number of rotatable bonds is 7. The number of amides is 1. The number of hydrogen-bond donors (Lipinski definition) is 0. The Bertz CT molecular complexity index is 452. The first-order valence-corrected chi connectivity index (χ1v) is 7.66. The van der Waals surface area contributed by atoms with E-state index in [2.05, 4.69) is 13.8 Å². The fourth-order valence-electron chi connectivity index (χ4n) is 2.31. The van der Waals surface area contributed by atoms with Crippen LogP contribution in [0.4, 0.5) is 0 Å². The zero-order valence-electron chi connectivity index (χ0n) is 12.8. The van der Waals surface area contributed by atoms with Gasteiger partial charge in [0.25, 0.3) is 5.91 Å². The zero-order chi connectivity index (χ0) is 14.5. The molecule has 1 aliphatic rings. The summed E-state index contributed by atoms with van der Waals surface area (Å²) in [6.45, 7) is 7.77. The van der Waals surface area contributed by atoms with E-state index >= 15 is 0 Å². The summed E-state index contributed by atoms with van der Waals surface area (Å²) in [5.41, 5.74) is 0.699. The minimum absolute atomic E-state index is 0.122. The van der Waals surface area contributed by atoms with Crippen LogP contribution < -0.4 is 4.74 Å². The van der Waals surface area contributed by atoms with Crippen molar-refractivity contribution in [2.75, 3.05) is 13.2 Å². The van der Waals surface area contributed by atoms with Crippen molar-refractivity contribution in [2.45, 2.75) is 46.1 Å². The molecule has 0 aliphatic heterocycles. The van der Waals surface area contributed by atoms with Crippen LogP contribution in [-0.2, 0) is 0 Å². The lowest BCUT2D eigenvalue weighted by atomic mass is 10.1. The van der Waals surface area contributed by atoms with E-state index in [1.165, 1.54) is 0 Å². The molecule has 0 aromatic heterocycles. The van der Waals surface area contributed by atoms with Crippen LogP contribution >= 0.6 is 0 Å². The van der Waals surface area contributed by atoms with Crippen LogP contribution in [0, 0.1) is 5.92 Å². The molecule has 1 aromatic rings. The van der Waals surface area contributed by atoms with Gasteiger partial charge < -0.3 is 9.64 Å². The molecule has 1 aromatic carbocycles. The van der Waals surface area contributed by atoms with Crippen molar-refractivity contribution in [3.63, 3.8) is 0 Å². The molecule has 1 aliphatic carbocycles. The van der Waals surface area contributed by atoms with Crippen molar-refractivity contribution in [3.8, 4) is 5.75 Å². The highest BCUT2D eigenvalue weighted by molar-refractivity contribution is 5.97. The lowest BCUT2D eigenvalue weighted by Crippen LogP contribution is -2.34. The lowest BCUT2D eigenvalue weighted by Gasteiger charge is -2.24. The maximum atomic E-state index is 12.8. The van der Waals surface area contributed by atoms with Crippen molar-refractivity contribution in [1.29, 1.82) is 0 Å². The third-order valence-electron chi connectivity index (χ3n) is 3.61. The van der Waals surface area contributed by atoms with E-state index in [1.807, 2.05) is 36.1 Å². The summed E-state index contributed by atoms with van der Waals surface area (Å²) in [4.78, 5) is 14.8. The second-order valence-electron chi connectivity index (χ2n) is 5.84. The highest BCUT2D eigenvalue weighted by atomic mass is 16.5. The van der Waals surface area contributed by atoms with E-state index in [4.69, 9.17) is 4.74 Å². The summed E-state index contributed by atoms with van der Waals surface area (Å²) in [5.74, 6) is 1.44. The van der Waals surface area contributed by atoms with E-state index in [1.54, 1.807) is 0 Å². The first-order valence-electron chi connectivity index (χ1n) is 7.66. The van der Waals surface area contributed by atoms with Crippen molar-refractivity contribution in [1.82, 2.24) is 4.90 Å². The van der Waals surface area contributed by atoms with Crippen molar-refractivity contribution < 1.29 is 9.53 Å². The first kappa shape index (κ1) is 14.9. The van der Waals surface area contributed by atoms with Gasteiger partial charge in [-0.3, -0.25) is 4.79 Å². The Morgan fingerprint density at radius 1 is 1.35 bits per heavy atom. The van der Waals surface area contributed by atoms with Crippen LogP contribution in [0.3, 0.4) is 0 Å². The average molecular weight is 275 g/mol. The summed E-state index contributed by atoms with van der Waals surface area (Å²) in [6, 6.07) is 8.01. The Hall–Kier alpha value is -1.51. The quantitative estimate of drug-likeness (QED) is 0.758. The normalized spacial score (nSPS) is 14.4. The summed E-state index contributed by atoms with van der Waals surface area (Å²) in [6.07, 6.45) is 3.33. The van der Waals surface area contributed by atoms with Gasteiger partial charge in [0.1, 0.15) is 5.75 Å². The van der Waals surface area contributed by atoms with Gasteiger partial charge in [-0.05, 0) is 44.2 Å². The minimum Gasteiger partial charge on any atom is -0.493 e. The zero-order valence-corrected chi connectivity index (χ0v) is 12.8. The van der Waals surface area contributed by atoms with Gasteiger partial charge in [-0.15, -0.1) is 0 Å². The predicted octanol–water partition coefficient (Wildman–Crippen LogP) is 3.74. The number of para-hydroxylation sites is 1. The Morgan fingerprint density at radius 3 is 2.65 bits per heavy atom. The van der Waals surface area contributed by atoms with Gasteiger partial charge >= 0.3 is 0 Å². The van der Waals surface area contributed by atoms with Crippen LogP contribution in [0.2, 0.25) is 0 Å². The van der Waals surface area contributed by atoms with Crippen LogP contribution in [0.5, 0.6) is 5.75 Å². The van der Waals surface area contributed by atoms with E-state index in [0.29, 0.717) is 29.9 Å². The number of benzene rings is 1. The number of ether oxygens (including phenoxy) is 1. The second-order valence-corrected chi connectivity index (χ2v) is 5.84. The molecular weight excluding hydrogens is 250 g/mol. The molecule has 0 N–H and O–H groups in total. The number of nitrogens with zero attached hydrogens (tertiary/aromatic N) is 1. The van der Waals surface area contributed by atoms with Crippen LogP contribution in [-0.4, -0.2) is 30.0 Å². The lowest BCUT2D eigenvalue weighted by molar-refractivity contribution is 0.0731. The molecule has 2 rings (SSSR count). The van der Waals surface area contributed by atoms with Gasteiger partial charge in [-0.1, -0.05) is 26.0 Å². The number of carbonyl (C=O) groups excluding carboxylic acids is 1. The molecule has 0 spiro atoms. The highest BCUT2D eigenvalue weighted by Gasteiger charge is 2.33. The second kappa shape index (κ2) is 6.78. The van der Waals surface area contributed by atoms with Crippen molar-refractivity contribution in [3.05, 3.63) is 29.8 Å². The van der Waals surface area contributed by atoms with E-state index in [9.17, 15) is 4.79 Å². The molecule has 20 heavy (non-hydrogen) atoms. The maximum absolute atomic E-state index is 12.8. The SMILES string of the molecule is CCOc1ccccc1C(=O)N(CCC(C)C)C1CC1. The van der Waals surface area contributed by atoms with Gasteiger partial charge in [-0.2, -0.15) is 0 Å². The molecule has 0 saturated heterocycles. The molecule has 0 atom stereocenters. The predicted molar refractivity (Wildman–Crippen MR) is 81.1 cm³/mol. The molecule has 0 radical (unpaired) electrons. The van der Waals surface area contributed by atoms with Gasteiger partial charge in [0.2, 0.25) is 0 Å². The summed E-state index contributed by atoms with van der Waals surface area (Å²) >= 11 is 0.